The Bertz CT molecular complexity index is 1200. The molecule has 3 N–H and O–H groups in total. The second-order valence-corrected chi connectivity index (χ2v) is 7.20. The maximum absolute atomic E-state index is 13.7. The third-order valence-corrected chi connectivity index (χ3v) is 5.10. The number of amides is 2. The second-order valence-electron chi connectivity index (χ2n) is 7.20. The third-order valence-electron chi connectivity index (χ3n) is 5.10. The minimum Gasteiger partial charge on any atom is -0.365 e. The van der Waals surface area contributed by atoms with E-state index in [1.807, 2.05) is 6.07 Å². The van der Waals surface area contributed by atoms with Gasteiger partial charge in [-0.1, -0.05) is 0 Å². The van der Waals surface area contributed by atoms with E-state index >= 15 is 0 Å². The summed E-state index contributed by atoms with van der Waals surface area (Å²) in [5.41, 5.74) is 6.56. The van der Waals surface area contributed by atoms with Gasteiger partial charge >= 0.3 is 0 Å². The number of pyridine rings is 1. The van der Waals surface area contributed by atoms with Gasteiger partial charge in [-0.15, -0.1) is 0 Å². The highest BCUT2D eigenvalue weighted by Crippen LogP contribution is 2.23. The van der Waals surface area contributed by atoms with Crippen molar-refractivity contribution < 1.29 is 14.0 Å². The zero-order valence-electron chi connectivity index (χ0n) is 16.5. The number of halogens is 1. The minimum absolute atomic E-state index is 0.101. The van der Waals surface area contributed by atoms with Crippen LogP contribution in [0, 0.1) is 17.1 Å². The van der Waals surface area contributed by atoms with Crippen molar-refractivity contribution in [3.63, 3.8) is 0 Å². The summed E-state index contributed by atoms with van der Waals surface area (Å²) in [6.07, 6.45) is 5.41. The topological polar surface area (TPSA) is 142 Å². The maximum Gasteiger partial charge on any atom is 0.254 e. The molecule has 4 rings (SSSR count). The number of nitrogens with one attached hydrogen (secondary N) is 1. The van der Waals surface area contributed by atoms with Crippen LogP contribution in [-0.4, -0.2) is 55.2 Å². The van der Waals surface area contributed by atoms with Gasteiger partial charge in [0.1, 0.15) is 29.4 Å². The molecule has 2 amide bonds. The Morgan fingerprint density at radius 2 is 2.16 bits per heavy atom. The third kappa shape index (κ3) is 4.13. The van der Waals surface area contributed by atoms with Crippen molar-refractivity contribution in [3.8, 4) is 17.6 Å². The molecule has 1 aliphatic heterocycles. The number of nitrogens with zero attached hydrogens (tertiary/aromatic N) is 6. The predicted molar refractivity (Wildman–Crippen MR) is 108 cm³/mol. The van der Waals surface area contributed by atoms with E-state index in [0.717, 1.165) is 12.8 Å². The number of carbonyl (C=O) groups is 2. The summed E-state index contributed by atoms with van der Waals surface area (Å²) in [5, 5.41) is 12.0. The number of hydrogen-bond donors (Lipinski definition) is 2. The lowest BCUT2D eigenvalue weighted by Crippen LogP contribution is -2.45. The zero-order chi connectivity index (χ0) is 22.0. The first kappa shape index (κ1) is 20.2. The SMILES string of the molecule is N#CCC(=O)N1CCC[C@@H](Nc2nc(-c3cnc4ccc(F)cn34)ncc2C(N)=O)C1. The van der Waals surface area contributed by atoms with Crippen LogP contribution in [0.3, 0.4) is 0 Å². The Balaban J connectivity index is 1.65. The highest BCUT2D eigenvalue weighted by molar-refractivity contribution is 5.97. The van der Waals surface area contributed by atoms with Crippen LogP contribution in [0.4, 0.5) is 10.2 Å². The number of imidazole rings is 1. The molecule has 0 aromatic carbocycles. The van der Waals surface area contributed by atoms with Crippen LogP contribution >= 0.6 is 0 Å². The van der Waals surface area contributed by atoms with Crippen LogP contribution in [-0.2, 0) is 4.79 Å². The summed E-state index contributed by atoms with van der Waals surface area (Å²) in [5.74, 6) is -0.919. The fraction of sp³-hybridized carbons (Fsp3) is 0.300. The molecular formula is C20H19FN8O2. The average molecular weight is 422 g/mol. The standard InChI is InChI=1S/C20H19FN8O2/c21-12-3-4-16-24-9-15(29(16)10-12)20-25-8-14(18(23)31)19(27-20)26-13-2-1-7-28(11-13)17(30)5-6-22/h3-4,8-10,13H,1-2,5,7,11H2,(H2,23,31)(H,25,26,27)/t13-/m1/s1. The molecule has 1 atom stereocenters. The molecule has 4 heterocycles. The Hall–Kier alpha value is -4.07. The first-order chi connectivity index (χ1) is 15.0. The molecule has 0 bridgehead atoms. The van der Waals surface area contributed by atoms with E-state index in [1.54, 1.807) is 4.90 Å². The predicted octanol–water partition coefficient (Wildman–Crippen LogP) is 1.35. The number of fused-ring (bicyclic) bond motifs is 1. The van der Waals surface area contributed by atoms with Crippen LogP contribution in [0.15, 0.2) is 30.7 Å². The number of carbonyl (C=O) groups excluding carboxylic acids is 2. The van der Waals surface area contributed by atoms with Crippen molar-refractivity contribution in [2.45, 2.75) is 25.3 Å². The van der Waals surface area contributed by atoms with E-state index in [2.05, 4.69) is 20.3 Å². The molecule has 3 aromatic rings. The number of aromatic nitrogens is 4. The normalized spacial score (nSPS) is 16.1. The smallest absolute Gasteiger partial charge is 0.254 e. The second kappa shape index (κ2) is 8.35. The van der Waals surface area contributed by atoms with E-state index in [4.69, 9.17) is 11.0 Å². The van der Waals surface area contributed by atoms with Gasteiger partial charge in [-0.05, 0) is 25.0 Å². The van der Waals surface area contributed by atoms with Gasteiger partial charge in [-0.25, -0.2) is 19.3 Å². The molecule has 1 saturated heterocycles. The highest BCUT2D eigenvalue weighted by Gasteiger charge is 2.25. The Morgan fingerprint density at radius 3 is 2.94 bits per heavy atom. The van der Waals surface area contributed by atoms with Gasteiger partial charge in [0.05, 0.1) is 17.8 Å². The van der Waals surface area contributed by atoms with E-state index in [-0.39, 0.29) is 35.6 Å². The lowest BCUT2D eigenvalue weighted by molar-refractivity contribution is -0.131. The number of piperidine rings is 1. The van der Waals surface area contributed by atoms with Crippen molar-refractivity contribution in [2.75, 3.05) is 18.4 Å². The molecule has 158 valence electrons. The minimum atomic E-state index is -0.702. The Labute approximate surface area is 176 Å². The quantitative estimate of drug-likeness (QED) is 0.632. The first-order valence-electron chi connectivity index (χ1n) is 9.67. The summed E-state index contributed by atoms with van der Waals surface area (Å²) in [7, 11) is 0. The van der Waals surface area contributed by atoms with Crippen molar-refractivity contribution in [3.05, 3.63) is 42.1 Å². The molecular weight excluding hydrogens is 403 g/mol. The van der Waals surface area contributed by atoms with Gasteiger partial charge in [-0.3, -0.25) is 14.0 Å². The summed E-state index contributed by atoms with van der Waals surface area (Å²) >= 11 is 0. The van der Waals surface area contributed by atoms with Crippen LogP contribution in [0.5, 0.6) is 0 Å². The van der Waals surface area contributed by atoms with Crippen LogP contribution < -0.4 is 11.1 Å². The van der Waals surface area contributed by atoms with Gasteiger partial charge in [0.25, 0.3) is 5.91 Å². The van der Waals surface area contributed by atoms with Gasteiger partial charge in [0.2, 0.25) is 5.91 Å². The van der Waals surface area contributed by atoms with Crippen LogP contribution in [0.1, 0.15) is 29.6 Å². The summed E-state index contributed by atoms with van der Waals surface area (Å²) in [6.45, 7) is 0.947. The number of nitriles is 1. The van der Waals surface area contributed by atoms with E-state index < -0.39 is 11.7 Å². The molecule has 0 spiro atoms. The number of hydrogen-bond acceptors (Lipinski definition) is 7. The number of primary amides is 1. The molecule has 0 radical (unpaired) electrons. The van der Waals surface area contributed by atoms with Gasteiger partial charge < -0.3 is 16.0 Å². The van der Waals surface area contributed by atoms with E-state index in [0.29, 0.717) is 24.4 Å². The molecule has 11 heteroatoms. The van der Waals surface area contributed by atoms with Gasteiger partial charge in [0, 0.05) is 31.5 Å². The number of anilines is 1. The highest BCUT2D eigenvalue weighted by atomic mass is 19.1. The molecule has 31 heavy (non-hydrogen) atoms. The monoisotopic (exact) mass is 422 g/mol. The summed E-state index contributed by atoms with van der Waals surface area (Å²) in [6, 6.07) is 4.52. The van der Waals surface area contributed by atoms with Crippen molar-refractivity contribution in [1.29, 1.82) is 5.26 Å². The lowest BCUT2D eigenvalue weighted by atomic mass is 10.0. The van der Waals surface area contributed by atoms with Gasteiger partial charge in [-0.2, -0.15) is 5.26 Å². The van der Waals surface area contributed by atoms with E-state index in [1.165, 1.54) is 35.1 Å². The number of likely N-dealkylation sites (tertiary alicyclic amines) is 1. The zero-order valence-corrected chi connectivity index (χ0v) is 16.5. The van der Waals surface area contributed by atoms with Crippen molar-refractivity contribution in [2.24, 2.45) is 5.73 Å². The fourth-order valence-corrected chi connectivity index (χ4v) is 3.61. The van der Waals surface area contributed by atoms with E-state index in [9.17, 15) is 14.0 Å². The largest absolute Gasteiger partial charge is 0.365 e. The molecule has 1 fully saturated rings. The Morgan fingerprint density at radius 1 is 1.32 bits per heavy atom. The van der Waals surface area contributed by atoms with Crippen molar-refractivity contribution >= 4 is 23.3 Å². The average Bonchev–Trinajstić information content (AvgIpc) is 3.17. The molecule has 0 saturated carbocycles. The molecule has 0 aliphatic carbocycles. The number of rotatable bonds is 5. The molecule has 3 aromatic heterocycles. The van der Waals surface area contributed by atoms with Gasteiger partial charge in [0.15, 0.2) is 5.82 Å². The molecule has 1 aliphatic rings. The van der Waals surface area contributed by atoms with Crippen LogP contribution in [0.25, 0.3) is 17.2 Å². The first-order valence-corrected chi connectivity index (χ1v) is 9.67. The molecule has 10 nitrogen and oxygen atoms in total. The fourth-order valence-electron chi connectivity index (χ4n) is 3.61. The lowest BCUT2D eigenvalue weighted by Gasteiger charge is -2.33. The molecule has 0 unspecified atom stereocenters. The van der Waals surface area contributed by atoms with Crippen molar-refractivity contribution in [1.82, 2.24) is 24.3 Å². The number of nitrogens with two attached hydrogens (primary N) is 1. The Kier molecular flexibility index (Phi) is 5.44. The summed E-state index contributed by atoms with van der Waals surface area (Å²) < 4.78 is 15.2. The maximum atomic E-state index is 13.7. The van der Waals surface area contributed by atoms with Crippen LogP contribution in [0.2, 0.25) is 0 Å². The summed E-state index contributed by atoms with van der Waals surface area (Å²) in [4.78, 5) is 38.5.